The molecular formula is C13H15ClF3NO. The zero-order chi connectivity index (χ0) is 14.0. The molecule has 2 atom stereocenters. The van der Waals surface area contributed by atoms with Gasteiger partial charge in [0.05, 0.1) is 23.7 Å². The lowest BCUT2D eigenvalue weighted by molar-refractivity contribution is -0.137. The van der Waals surface area contributed by atoms with Crippen LogP contribution in [0.5, 0.6) is 0 Å². The van der Waals surface area contributed by atoms with Crippen LogP contribution in [-0.2, 0) is 10.9 Å². The lowest BCUT2D eigenvalue weighted by Crippen LogP contribution is -2.47. The minimum absolute atomic E-state index is 0.0137. The Morgan fingerprint density at radius 3 is 2.42 bits per heavy atom. The van der Waals surface area contributed by atoms with E-state index in [2.05, 4.69) is 0 Å². The molecule has 0 radical (unpaired) electrons. The van der Waals surface area contributed by atoms with E-state index in [-0.39, 0.29) is 12.2 Å². The Bertz CT molecular complexity index is 421. The van der Waals surface area contributed by atoms with Gasteiger partial charge in [-0.1, -0.05) is 0 Å². The Morgan fingerprint density at radius 1 is 1.26 bits per heavy atom. The van der Waals surface area contributed by atoms with E-state index >= 15 is 0 Å². The summed E-state index contributed by atoms with van der Waals surface area (Å²) in [4.78, 5) is 2.00. The first-order valence-corrected chi connectivity index (χ1v) is 6.57. The van der Waals surface area contributed by atoms with Gasteiger partial charge in [0.25, 0.3) is 0 Å². The molecule has 2 nitrogen and oxygen atoms in total. The normalized spacial score (nSPS) is 24.6. The molecule has 0 saturated carbocycles. The molecule has 2 unspecified atom stereocenters. The van der Waals surface area contributed by atoms with Crippen molar-refractivity contribution in [3.63, 3.8) is 0 Å². The number of hydrogen-bond acceptors (Lipinski definition) is 2. The van der Waals surface area contributed by atoms with E-state index in [1.807, 2.05) is 11.8 Å². The Balaban J connectivity index is 2.13. The van der Waals surface area contributed by atoms with Gasteiger partial charge in [0.1, 0.15) is 0 Å². The Hall–Kier alpha value is -0.940. The van der Waals surface area contributed by atoms with Gasteiger partial charge in [-0.25, -0.2) is 0 Å². The zero-order valence-electron chi connectivity index (χ0n) is 10.5. The number of ether oxygens (including phenoxy) is 1. The molecule has 1 aromatic rings. The summed E-state index contributed by atoms with van der Waals surface area (Å²) < 4.78 is 43.1. The quantitative estimate of drug-likeness (QED) is 0.773. The van der Waals surface area contributed by atoms with Crippen molar-refractivity contribution in [2.45, 2.75) is 25.3 Å². The fraction of sp³-hybridized carbons (Fsp3) is 0.538. The molecule has 1 aliphatic heterocycles. The van der Waals surface area contributed by atoms with Gasteiger partial charge in [-0.05, 0) is 31.2 Å². The Morgan fingerprint density at radius 2 is 1.89 bits per heavy atom. The van der Waals surface area contributed by atoms with Crippen LogP contribution in [0, 0.1) is 0 Å². The van der Waals surface area contributed by atoms with Crippen molar-refractivity contribution in [2.24, 2.45) is 0 Å². The van der Waals surface area contributed by atoms with Crippen LogP contribution in [0.3, 0.4) is 0 Å². The van der Waals surface area contributed by atoms with Crippen molar-refractivity contribution in [1.82, 2.24) is 0 Å². The third kappa shape index (κ3) is 3.54. The molecule has 106 valence electrons. The maximum Gasteiger partial charge on any atom is 0.416 e. The Kier molecular flexibility index (Phi) is 4.26. The fourth-order valence-electron chi connectivity index (χ4n) is 2.20. The largest absolute Gasteiger partial charge is 0.416 e. The van der Waals surface area contributed by atoms with Gasteiger partial charge in [0.2, 0.25) is 0 Å². The lowest BCUT2D eigenvalue weighted by atomic mass is 10.1. The van der Waals surface area contributed by atoms with Crippen LogP contribution in [0.15, 0.2) is 24.3 Å². The van der Waals surface area contributed by atoms with E-state index in [4.69, 9.17) is 16.3 Å². The van der Waals surface area contributed by atoms with Gasteiger partial charge in [0, 0.05) is 18.8 Å². The highest BCUT2D eigenvalue weighted by Gasteiger charge is 2.31. The van der Waals surface area contributed by atoms with Crippen molar-refractivity contribution in [3.8, 4) is 0 Å². The SMILES string of the molecule is CC1CN(c2ccc(C(F)(F)F)cc2)CC(CCl)O1. The van der Waals surface area contributed by atoms with Crippen LogP contribution >= 0.6 is 11.6 Å². The van der Waals surface area contributed by atoms with Crippen molar-refractivity contribution in [3.05, 3.63) is 29.8 Å². The highest BCUT2D eigenvalue weighted by molar-refractivity contribution is 6.18. The van der Waals surface area contributed by atoms with E-state index in [1.165, 1.54) is 12.1 Å². The smallest absolute Gasteiger partial charge is 0.370 e. The molecule has 0 amide bonds. The molecule has 0 aromatic heterocycles. The van der Waals surface area contributed by atoms with Crippen LogP contribution in [0.4, 0.5) is 18.9 Å². The van der Waals surface area contributed by atoms with Crippen LogP contribution in [-0.4, -0.2) is 31.2 Å². The van der Waals surface area contributed by atoms with Gasteiger partial charge in [-0.15, -0.1) is 11.6 Å². The second kappa shape index (κ2) is 5.59. The summed E-state index contributed by atoms with van der Waals surface area (Å²) in [7, 11) is 0. The predicted octanol–water partition coefficient (Wildman–Crippen LogP) is 3.54. The monoisotopic (exact) mass is 293 g/mol. The van der Waals surface area contributed by atoms with E-state index < -0.39 is 11.7 Å². The van der Waals surface area contributed by atoms with Crippen molar-refractivity contribution in [2.75, 3.05) is 23.9 Å². The summed E-state index contributed by atoms with van der Waals surface area (Å²) in [5.41, 5.74) is 0.129. The molecule has 1 heterocycles. The third-order valence-corrected chi connectivity index (χ3v) is 3.40. The highest BCUT2D eigenvalue weighted by atomic mass is 35.5. The minimum Gasteiger partial charge on any atom is -0.370 e. The highest BCUT2D eigenvalue weighted by Crippen LogP contribution is 2.31. The summed E-state index contributed by atoms with van der Waals surface area (Å²) in [5, 5.41) is 0. The number of alkyl halides is 4. The van der Waals surface area contributed by atoms with Gasteiger partial charge in [0.15, 0.2) is 0 Å². The summed E-state index contributed by atoms with van der Waals surface area (Å²) in [6.45, 7) is 3.17. The molecular weight excluding hydrogens is 279 g/mol. The number of halogens is 4. The second-order valence-corrected chi connectivity index (χ2v) is 4.98. The summed E-state index contributed by atoms with van der Waals surface area (Å²) in [5.74, 6) is 0.376. The first kappa shape index (κ1) is 14.5. The van der Waals surface area contributed by atoms with Gasteiger partial charge in [-0.3, -0.25) is 0 Å². The van der Waals surface area contributed by atoms with E-state index in [1.54, 1.807) is 0 Å². The fourth-order valence-corrected chi connectivity index (χ4v) is 2.37. The molecule has 6 heteroatoms. The van der Waals surface area contributed by atoms with E-state index in [0.29, 0.717) is 19.0 Å². The van der Waals surface area contributed by atoms with Gasteiger partial charge < -0.3 is 9.64 Å². The first-order valence-electron chi connectivity index (χ1n) is 6.04. The molecule has 1 aromatic carbocycles. The molecule has 0 bridgehead atoms. The number of morpholine rings is 1. The molecule has 2 rings (SSSR count). The maximum absolute atomic E-state index is 12.5. The molecule has 1 saturated heterocycles. The number of hydrogen-bond donors (Lipinski definition) is 0. The molecule has 0 aliphatic carbocycles. The standard InChI is InChI=1S/C13H15ClF3NO/c1-9-7-18(8-12(6-14)19-9)11-4-2-10(3-5-11)13(15,16)17/h2-5,9,12H,6-8H2,1H3. The van der Waals surface area contributed by atoms with Crippen LogP contribution in [0.25, 0.3) is 0 Å². The average molecular weight is 294 g/mol. The van der Waals surface area contributed by atoms with Crippen molar-refractivity contribution >= 4 is 17.3 Å². The van der Waals surface area contributed by atoms with E-state index in [9.17, 15) is 13.2 Å². The van der Waals surface area contributed by atoms with Gasteiger partial charge in [-0.2, -0.15) is 13.2 Å². The maximum atomic E-state index is 12.5. The zero-order valence-corrected chi connectivity index (χ0v) is 11.2. The summed E-state index contributed by atoms with van der Waals surface area (Å²) >= 11 is 5.78. The van der Waals surface area contributed by atoms with Crippen LogP contribution in [0.1, 0.15) is 12.5 Å². The second-order valence-electron chi connectivity index (χ2n) is 4.67. The van der Waals surface area contributed by atoms with E-state index in [0.717, 1.165) is 17.8 Å². The summed E-state index contributed by atoms with van der Waals surface area (Å²) in [6, 6.07) is 5.19. The average Bonchev–Trinajstić information content (AvgIpc) is 2.37. The number of benzene rings is 1. The van der Waals surface area contributed by atoms with Crippen LogP contribution < -0.4 is 4.90 Å². The number of anilines is 1. The first-order chi connectivity index (χ1) is 8.90. The van der Waals surface area contributed by atoms with Gasteiger partial charge >= 0.3 is 6.18 Å². The van der Waals surface area contributed by atoms with Crippen LogP contribution in [0.2, 0.25) is 0 Å². The number of nitrogens with zero attached hydrogens (tertiary/aromatic N) is 1. The molecule has 0 spiro atoms. The third-order valence-electron chi connectivity index (χ3n) is 3.06. The molecule has 19 heavy (non-hydrogen) atoms. The molecule has 1 fully saturated rings. The minimum atomic E-state index is -4.30. The van der Waals surface area contributed by atoms with Crippen molar-refractivity contribution in [1.29, 1.82) is 0 Å². The molecule has 0 N–H and O–H groups in total. The summed E-state index contributed by atoms with van der Waals surface area (Å²) in [6.07, 6.45) is -4.37. The number of rotatable bonds is 2. The predicted molar refractivity (Wildman–Crippen MR) is 68.7 cm³/mol. The van der Waals surface area contributed by atoms with Crippen molar-refractivity contribution < 1.29 is 17.9 Å². The Labute approximate surface area is 115 Å². The topological polar surface area (TPSA) is 12.5 Å². The lowest BCUT2D eigenvalue weighted by Gasteiger charge is -2.37. The molecule has 1 aliphatic rings.